The zero-order valence-corrected chi connectivity index (χ0v) is 18.6. The van der Waals surface area contributed by atoms with E-state index in [-0.39, 0.29) is 23.3 Å². The normalized spacial score (nSPS) is 18.2. The average molecular weight is 424 g/mol. The second-order valence-corrected chi connectivity index (χ2v) is 9.23. The summed E-state index contributed by atoms with van der Waals surface area (Å²) in [4.78, 5) is 23.1. The van der Waals surface area contributed by atoms with Crippen LogP contribution < -0.4 is 5.32 Å². The van der Waals surface area contributed by atoms with E-state index in [0.29, 0.717) is 11.4 Å². The zero-order chi connectivity index (χ0) is 20.9. The molecule has 0 bridgehead atoms. The van der Waals surface area contributed by atoms with Crippen molar-refractivity contribution in [1.29, 1.82) is 0 Å². The third-order valence-electron chi connectivity index (χ3n) is 4.87. The van der Waals surface area contributed by atoms with E-state index in [9.17, 15) is 9.59 Å². The van der Waals surface area contributed by atoms with Gasteiger partial charge in [-0.1, -0.05) is 30.0 Å². The highest BCUT2D eigenvalue weighted by Crippen LogP contribution is 2.39. The average Bonchev–Trinajstić information content (AvgIpc) is 2.80. The number of carbonyl (C=O) groups excluding carboxylic acids is 2. The van der Waals surface area contributed by atoms with Crippen LogP contribution in [0.25, 0.3) is 6.08 Å². The molecule has 0 aromatic heterocycles. The molecule has 28 heavy (non-hydrogen) atoms. The molecule has 0 saturated carbocycles. The molecule has 0 unspecified atom stereocenters. The van der Waals surface area contributed by atoms with E-state index in [4.69, 9.17) is 20.9 Å². The molecule has 1 aliphatic rings. The van der Waals surface area contributed by atoms with Crippen LogP contribution in [0.4, 0.5) is 5.69 Å². The van der Waals surface area contributed by atoms with E-state index in [1.54, 1.807) is 6.92 Å². The van der Waals surface area contributed by atoms with Crippen molar-refractivity contribution in [2.45, 2.75) is 52.2 Å². The molecule has 0 radical (unpaired) electrons. The van der Waals surface area contributed by atoms with Crippen LogP contribution in [0.5, 0.6) is 0 Å². The number of halogens is 1. The molecule has 1 saturated heterocycles. The Labute approximate surface area is 176 Å². The molecule has 1 N–H and O–H groups in total. The Morgan fingerprint density at radius 1 is 1.14 bits per heavy atom. The van der Waals surface area contributed by atoms with Crippen LogP contribution in [0.1, 0.15) is 46.6 Å². The molecule has 0 spiro atoms. The van der Waals surface area contributed by atoms with E-state index in [2.05, 4.69) is 5.32 Å². The van der Waals surface area contributed by atoms with E-state index >= 15 is 0 Å². The Hall–Kier alpha value is -1.28. The monoisotopic (exact) mass is 423 g/mol. The smallest absolute Gasteiger partial charge is 0.400 e. The minimum atomic E-state index is -0.514. The van der Waals surface area contributed by atoms with Gasteiger partial charge in [-0.05, 0) is 50.9 Å². The summed E-state index contributed by atoms with van der Waals surface area (Å²) in [6, 6.07) is 7.47. The van der Waals surface area contributed by atoms with Crippen LogP contribution in [-0.2, 0) is 18.9 Å². The van der Waals surface area contributed by atoms with Gasteiger partial charge in [0.1, 0.15) is 0 Å². The zero-order valence-electron chi connectivity index (χ0n) is 17.0. The maximum absolute atomic E-state index is 11.6. The van der Waals surface area contributed by atoms with Gasteiger partial charge in [-0.3, -0.25) is 9.59 Å². The molecule has 1 fully saturated rings. The Morgan fingerprint density at radius 3 is 2.21 bits per heavy atom. The molecule has 1 aromatic carbocycles. The lowest BCUT2D eigenvalue weighted by atomic mass is 9.78. The number of hydrogen-bond acceptors (Lipinski definition) is 5. The SMILES string of the molecule is CC(=O)SCC(=Cc1ccc(NC(=O)CCCl)cc1)B1OC(C)(C)C(C)(C)O1. The van der Waals surface area contributed by atoms with Crippen LogP contribution in [0.3, 0.4) is 0 Å². The third-order valence-corrected chi connectivity index (χ3v) is 5.94. The maximum atomic E-state index is 11.6. The summed E-state index contributed by atoms with van der Waals surface area (Å²) < 4.78 is 12.3. The standard InChI is InChI=1S/C20H27BClNO4S/c1-14(24)28-13-16(21-26-19(2,3)20(4,5)27-21)12-15-6-8-17(9-7-15)23-18(25)10-11-22/h6-9,12H,10-11,13H2,1-5H3,(H,23,25). The van der Waals surface area contributed by atoms with Crippen molar-refractivity contribution >= 4 is 53.3 Å². The van der Waals surface area contributed by atoms with Crippen LogP contribution in [0.15, 0.2) is 29.7 Å². The molecule has 5 nitrogen and oxygen atoms in total. The first-order valence-corrected chi connectivity index (χ1v) is 10.7. The number of carbonyl (C=O) groups is 2. The predicted molar refractivity (Wildman–Crippen MR) is 118 cm³/mol. The summed E-state index contributed by atoms with van der Waals surface area (Å²) in [5.41, 5.74) is 1.63. The van der Waals surface area contributed by atoms with Gasteiger partial charge in [-0.2, -0.15) is 0 Å². The summed E-state index contributed by atoms with van der Waals surface area (Å²) in [7, 11) is -0.514. The summed E-state index contributed by atoms with van der Waals surface area (Å²) in [6.45, 7) is 9.55. The molecule has 1 aromatic rings. The van der Waals surface area contributed by atoms with Crippen molar-refractivity contribution in [3.8, 4) is 0 Å². The Balaban J connectivity index is 2.20. The van der Waals surface area contributed by atoms with Crippen molar-refractivity contribution in [2.75, 3.05) is 16.9 Å². The minimum Gasteiger partial charge on any atom is -0.400 e. The van der Waals surface area contributed by atoms with E-state index < -0.39 is 18.3 Å². The molecular formula is C20H27BClNO4S. The van der Waals surface area contributed by atoms with Crippen molar-refractivity contribution in [3.63, 3.8) is 0 Å². The molecule has 1 heterocycles. The first kappa shape index (κ1) is 23.0. The van der Waals surface area contributed by atoms with E-state index in [1.807, 2.05) is 58.0 Å². The number of nitrogens with one attached hydrogen (secondary N) is 1. The number of hydrogen-bond donors (Lipinski definition) is 1. The Morgan fingerprint density at radius 2 is 1.71 bits per heavy atom. The minimum absolute atomic E-state index is 0.0415. The number of alkyl halides is 1. The fraction of sp³-hybridized carbons (Fsp3) is 0.500. The van der Waals surface area contributed by atoms with Crippen molar-refractivity contribution in [2.24, 2.45) is 0 Å². The van der Waals surface area contributed by atoms with Gasteiger partial charge in [-0.15, -0.1) is 11.6 Å². The fourth-order valence-electron chi connectivity index (χ4n) is 2.54. The number of anilines is 1. The molecule has 2 rings (SSSR count). The fourth-order valence-corrected chi connectivity index (χ4v) is 3.30. The molecule has 152 valence electrons. The highest BCUT2D eigenvalue weighted by molar-refractivity contribution is 8.13. The summed E-state index contributed by atoms with van der Waals surface area (Å²) in [6.07, 6.45) is 2.25. The largest absolute Gasteiger partial charge is 0.491 e. The molecule has 8 heteroatoms. The Bertz CT molecular complexity index is 733. The number of amides is 1. The van der Waals surface area contributed by atoms with Crippen LogP contribution in [-0.4, -0.2) is 41.0 Å². The van der Waals surface area contributed by atoms with E-state index in [0.717, 1.165) is 11.0 Å². The molecule has 0 atom stereocenters. The molecule has 1 amide bonds. The first-order valence-electron chi connectivity index (χ1n) is 9.19. The van der Waals surface area contributed by atoms with Gasteiger partial charge in [0.15, 0.2) is 5.12 Å². The van der Waals surface area contributed by atoms with Crippen molar-refractivity contribution in [1.82, 2.24) is 0 Å². The molecule has 0 aliphatic carbocycles. The summed E-state index contributed by atoms with van der Waals surface area (Å²) in [5, 5.41) is 2.84. The summed E-state index contributed by atoms with van der Waals surface area (Å²) >= 11 is 6.81. The van der Waals surface area contributed by atoms with Crippen LogP contribution in [0, 0.1) is 0 Å². The lowest BCUT2D eigenvalue weighted by Gasteiger charge is -2.32. The quantitative estimate of drug-likeness (QED) is 0.515. The third kappa shape index (κ3) is 6.11. The lowest BCUT2D eigenvalue weighted by Crippen LogP contribution is -2.41. The molecule has 1 aliphatic heterocycles. The van der Waals surface area contributed by atoms with Crippen LogP contribution >= 0.6 is 23.4 Å². The van der Waals surface area contributed by atoms with Gasteiger partial charge in [0.25, 0.3) is 0 Å². The second kappa shape index (κ2) is 9.48. The van der Waals surface area contributed by atoms with Gasteiger partial charge in [0.05, 0.1) is 11.2 Å². The number of benzene rings is 1. The van der Waals surface area contributed by atoms with Gasteiger partial charge in [0, 0.05) is 30.7 Å². The van der Waals surface area contributed by atoms with Crippen LogP contribution in [0.2, 0.25) is 0 Å². The van der Waals surface area contributed by atoms with Gasteiger partial charge in [-0.25, -0.2) is 0 Å². The Kier molecular flexibility index (Phi) is 7.79. The van der Waals surface area contributed by atoms with Gasteiger partial charge >= 0.3 is 7.12 Å². The second-order valence-electron chi connectivity index (χ2n) is 7.70. The topological polar surface area (TPSA) is 64.6 Å². The van der Waals surface area contributed by atoms with Crippen molar-refractivity contribution < 1.29 is 18.9 Å². The summed E-state index contributed by atoms with van der Waals surface area (Å²) in [5.74, 6) is 0.659. The maximum Gasteiger partial charge on any atom is 0.491 e. The van der Waals surface area contributed by atoms with Gasteiger partial charge in [0.2, 0.25) is 5.91 Å². The highest BCUT2D eigenvalue weighted by Gasteiger charge is 2.52. The lowest BCUT2D eigenvalue weighted by molar-refractivity contribution is -0.115. The number of rotatable bonds is 7. The highest BCUT2D eigenvalue weighted by atomic mass is 35.5. The van der Waals surface area contributed by atoms with E-state index in [1.165, 1.54) is 11.8 Å². The first-order chi connectivity index (χ1) is 13.0. The number of thioether (sulfide) groups is 1. The molecular weight excluding hydrogens is 397 g/mol. The van der Waals surface area contributed by atoms with Gasteiger partial charge < -0.3 is 14.6 Å². The van der Waals surface area contributed by atoms with Crippen molar-refractivity contribution in [3.05, 3.63) is 35.3 Å². The predicted octanol–water partition coefficient (Wildman–Crippen LogP) is 4.55.